The topological polar surface area (TPSA) is 65.4 Å². The Morgan fingerprint density at radius 3 is 2.91 bits per heavy atom. The Kier molecular flexibility index (Phi) is 3.25. The fraction of sp³-hybridized carbons (Fsp3) is 0.105. The SMILES string of the molecule is N#Cc1cccc(-c2nc3ncc(C4=CCCC=C4)cc3[nH]2)c1. The van der Waals surface area contributed by atoms with Gasteiger partial charge in [0.1, 0.15) is 5.82 Å². The van der Waals surface area contributed by atoms with Crippen LogP contribution in [-0.2, 0) is 0 Å². The molecule has 4 rings (SSSR count). The quantitative estimate of drug-likeness (QED) is 0.770. The van der Waals surface area contributed by atoms with Crippen LogP contribution in [0.3, 0.4) is 0 Å². The van der Waals surface area contributed by atoms with E-state index >= 15 is 0 Å². The average Bonchev–Trinajstić information content (AvgIpc) is 3.06. The molecule has 0 saturated heterocycles. The molecule has 23 heavy (non-hydrogen) atoms. The molecule has 3 aromatic rings. The van der Waals surface area contributed by atoms with Crippen LogP contribution in [-0.4, -0.2) is 15.0 Å². The van der Waals surface area contributed by atoms with Gasteiger partial charge in [0.2, 0.25) is 0 Å². The number of imidazole rings is 1. The van der Waals surface area contributed by atoms with E-state index in [0.717, 1.165) is 35.3 Å². The largest absolute Gasteiger partial charge is 0.337 e. The number of hydrogen-bond acceptors (Lipinski definition) is 3. The van der Waals surface area contributed by atoms with Crippen molar-refractivity contribution in [3.8, 4) is 17.5 Å². The van der Waals surface area contributed by atoms with Crippen molar-refractivity contribution in [2.45, 2.75) is 12.8 Å². The molecule has 1 aromatic carbocycles. The Morgan fingerprint density at radius 2 is 2.09 bits per heavy atom. The lowest BCUT2D eigenvalue weighted by molar-refractivity contribution is 1.04. The molecule has 4 heteroatoms. The highest BCUT2D eigenvalue weighted by Gasteiger charge is 2.09. The van der Waals surface area contributed by atoms with E-state index in [2.05, 4.69) is 45.3 Å². The van der Waals surface area contributed by atoms with Crippen LogP contribution in [0.25, 0.3) is 28.1 Å². The monoisotopic (exact) mass is 298 g/mol. The summed E-state index contributed by atoms with van der Waals surface area (Å²) in [5, 5.41) is 9.02. The fourth-order valence-corrected chi connectivity index (χ4v) is 2.76. The molecule has 1 aliphatic rings. The number of aromatic nitrogens is 3. The molecule has 2 heterocycles. The summed E-state index contributed by atoms with van der Waals surface area (Å²) in [7, 11) is 0. The zero-order chi connectivity index (χ0) is 15.6. The zero-order valence-electron chi connectivity index (χ0n) is 12.5. The summed E-state index contributed by atoms with van der Waals surface area (Å²) in [6, 6.07) is 11.6. The highest BCUT2D eigenvalue weighted by Crippen LogP contribution is 2.25. The summed E-state index contributed by atoms with van der Waals surface area (Å²) >= 11 is 0. The Labute approximate surface area is 133 Å². The number of H-pyrrole nitrogens is 1. The minimum absolute atomic E-state index is 0.620. The summed E-state index contributed by atoms with van der Waals surface area (Å²) in [6.45, 7) is 0. The Hall–Kier alpha value is -3.19. The minimum atomic E-state index is 0.620. The number of pyridine rings is 1. The van der Waals surface area contributed by atoms with Crippen molar-refractivity contribution in [1.82, 2.24) is 15.0 Å². The molecule has 0 aliphatic heterocycles. The highest BCUT2D eigenvalue weighted by molar-refractivity contribution is 5.83. The third-order valence-corrected chi connectivity index (χ3v) is 3.93. The molecule has 0 bridgehead atoms. The molecule has 0 spiro atoms. The van der Waals surface area contributed by atoms with Crippen LogP contribution in [0.5, 0.6) is 0 Å². The van der Waals surface area contributed by atoms with Gasteiger partial charge in [0, 0.05) is 17.3 Å². The maximum absolute atomic E-state index is 9.02. The molecular formula is C19H14N4. The van der Waals surface area contributed by atoms with E-state index < -0.39 is 0 Å². The van der Waals surface area contributed by atoms with Crippen molar-refractivity contribution in [3.63, 3.8) is 0 Å². The highest BCUT2D eigenvalue weighted by atomic mass is 15.0. The number of nitriles is 1. The number of rotatable bonds is 2. The van der Waals surface area contributed by atoms with Crippen LogP contribution in [0.15, 0.2) is 54.8 Å². The maximum atomic E-state index is 9.02. The molecule has 0 atom stereocenters. The van der Waals surface area contributed by atoms with Gasteiger partial charge in [0.05, 0.1) is 17.1 Å². The van der Waals surface area contributed by atoms with Gasteiger partial charge >= 0.3 is 0 Å². The molecular weight excluding hydrogens is 284 g/mol. The third-order valence-electron chi connectivity index (χ3n) is 3.93. The first-order valence-corrected chi connectivity index (χ1v) is 7.57. The molecule has 2 aromatic heterocycles. The number of hydrogen-bond donors (Lipinski definition) is 1. The molecule has 0 amide bonds. The first-order valence-electron chi connectivity index (χ1n) is 7.57. The summed E-state index contributed by atoms with van der Waals surface area (Å²) in [5.41, 5.74) is 5.39. The summed E-state index contributed by atoms with van der Waals surface area (Å²) in [4.78, 5) is 12.3. The van der Waals surface area contributed by atoms with Gasteiger partial charge < -0.3 is 4.98 Å². The van der Waals surface area contributed by atoms with Crippen molar-refractivity contribution in [2.75, 3.05) is 0 Å². The number of fused-ring (bicyclic) bond motifs is 1. The molecule has 0 fully saturated rings. The van der Waals surface area contributed by atoms with E-state index in [4.69, 9.17) is 5.26 Å². The van der Waals surface area contributed by atoms with Crippen LogP contribution in [0.1, 0.15) is 24.0 Å². The van der Waals surface area contributed by atoms with Gasteiger partial charge in [0.15, 0.2) is 5.65 Å². The van der Waals surface area contributed by atoms with Crippen LogP contribution in [0, 0.1) is 11.3 Å². The van der Waals surface area contributed by atoms with E-state index in [1.807, 2.05) is 24.4 Å². The number of nitrogens with one attached hydrogen (secondary N) is 1. The smallest absolute Gasteiger partial charge is 0.178 e. The van der Waals surface area contributed by atoms with Crippen molar-refractivity contribution >= 4 is 16.7 Å². The van der Waals surface area contributed by atoms with E-state index in [1.165, 1.54) is 5.57 Å². The van der Waals surface area contributed by atoms with E-state index in [9.17, 15) is 0 Å². The summed E-state index contributed by atoms with van der Waals surface area (Å²) in [5.74, 6) is 0.731. The molecule has 4 nitrogen and oxygen atoms in total. The molecule has 0 unspecified atom stereocenters. The Morgan fingerprint density at radius 1 is 1.13 bits per heavy atom. The molecule has 1 aliphatic carbocycles. The lowest BCUT2D eigenvalue weighted by Gasteiger charge is -2.06. The molecule has 1 N–H and O–H groups in total. The predicted molar refractivity (Wildman–Crippen MR) is 90.4 cm³/mol. The lowest BCUT2D eigenvalue weighted by Crippen LogP contribution is -1.88. The van der Waals surface area contributed by atoms with E-state index in [1.54, 1.807) is 6.07 Å². The number of benzene rings is 1. The van der Waals surface area contributed by atoms with Gasteiger partial charge in [-0.05, 0) is 36.6 Å². The Bertz CT molecular complexity index is 986. The second-order valence-electron chi connectivity index (χ2n) is 5.51. The lowest BCUT2D eigenvalue weighted by atomic mass is 10.0. The Balaban J connectivity index is 1.77. The average molecular weight is 298 g/mol. The normalized spacial score (nSPS) is 13.8. The second-order valence-corrected chi connectivity index (χ2v) is 5.51. The molecule has 0 radical (unpaired) electrons. The predicted octanol–water partition coefficient (Wildman–Crippen LogP) is 4.23. The van der Waals surface area contributed by atoms with E-state index in [-0.39, 0.29) is 0 Å². The van der Waals surface area contributed by atoms with Crippen LogP contribution in [0.4, 0.5) is 0 Å². The van der Waals surface area contributed by atoms with Gasteiger partial charge in [-0.25, -0.2) is 9.97 Å². The third kappa shape index (κ3) is 2.53. The maximum Gasteiger partial charge on any atom is 0.178 e. The first kappa shape index (κ1) is 13.5. The molecule has 110 valence electrons. The van der Waals surface area contributed by atoms with E-state index in [0.29, 0.717) is 11.2 Å². The van der Waals surface area contributed by atoms with Gasteiger partial charge in [0.25, 0.3) is 0 Å². The van der Waals surface area contributed by atoms with Crippen LogP contribution < -0.4 is 0 Å². The zero-order valence-corrected chi connectivity index (χ0v) is 12.5. The standard InChI is InChI=1S/C19H14N4/c20-11-13-5-4-8-15(9-13)18-22-17-10-16(12-21-19(17)23-18)14-6-2-1-3-7-14/h2,4-10,12H,1,3H2,(H,21,22,23). The number of nitrogens with zero attached hydrogens (tertiary/aromatic N) is 3. The van der Waals surface area contributed by atoms with Crippen molar-refractivity contribution in [3.05, 3.63) is 65.9 Å². The second kappa shape index (κ2) is 5.54. The van der Waals surface area contributed by atoms with Gasteiger partial charge in [-0.3, -0.25) is 0 Å². The van der Waals surface area contributed by atoms with Crippen LogP contribution >= 0.6 is 0 Å². The van der Waals surface area contributed by atoms with Gasteiger partial charge in [-0.1, -0.05) is 30.4 Å². The minimum Gasteiger partial charge on any atom is -0.337 e. The summed E-state index contributed by atoms with van der Waals surface area (Å²) < 4.78 is 0. The van der Waals surface area contributed by atoms with Crippen molar-refractivity contribution in [1.29, 1.82) is 5.26 Å². The first-order chi connectivity index (χ1) is 11.3. The van der Waals surface area contributed by atoms with Crippen LogP contribution in [0.2, 0.25) is 0 Å². The fourth-order valence-electron chi connectivity index (χ4n) is 2.76. The van der Waals surface area contributed by atoms with Crippen molar-refractivity contribution in [2.24, 2.45) is 0 Å². The van der Waals surface area contributed by atoms with Gasteiger partial charge in [-0.2, -0.15) is 5.26 Å². The van der Waals surface area contributed by atoms with Gasteiger partial charge in [-0.15, -0.1) is 0 Å². The molecule has 0 saturated carbocycles. The van der Waals surface area contributed by atoms with Crippen molar-refractivity contribution < 1.29 is 0 Å². The summed E-state index contributed by atoms with van der Waals surface area (Å²) in [6.07, 6.45) is 10.6. The number of allylic oxidation sites excluding steroid dienone is 4. The number of aromatic amines is 1.